The Labute approximate surface area is 175 Å². The lowest BCUT2D eigenvalue weighted by molar-refractivity contribution is -0.893. The van der Waals surface area contributed by atoms with E-state index in [1.807, 2.05) is 0 Å². The zero-order valence-electron chi connectivity index (χ0n) is 19.3. The van der Waals surface area contributed by atoms with Crippen LogP contribution in [0.15, 0.2) is 0 Å². The van der Waals surface area contributed by atoms with Gasteiger partial charge in [-0.3, -0.25) is 4.79 Å². The molecule has 0 rings (SSSR count). The summed E-state index contributed by atoms with van der Waals surface area (Å²) in [6.45, 7) is 3.97. The summed E-state index contributed by atoms with van der Waals surface area (Å²) in [6, 6.07) is 0. The van der Waals surface area contributed by atoms with Crippen LogP contribution in [0, 0.1) is 0 Å². The first-order valence-electron chi connectivity index (χ1n) is 12.1. The molecule has 0 heterocycles. The molecule has 0 saturated heterocycles. The lowest BCUT2D eigenvalue weighted by Gasteiger charge is -2.32. The Bertz CT molecular complexity index is 358. The normalized spacial score (nSPS) is 13.0. The van der Waals surface area contributed by atoms with Crippen LogP contribution >= 0.6 is 0 Å². The molecule has 0 aromatic heterocycles. The highest BCUT2D eigenvalue weighted by Gasteiger charge is 2.19. The Morgan fingerprint density at radius 2 is 1.21 bits per heavy atom. The van der Waals surface area contributed by atoms with E-state index in [1.165, 1.54) is 77.0 Å². The molecule has 1 atom stereocenters. The van der Waals surface area contributed by atoms with Gasteiger partial charge in [-0.2, -0.15) is 0 Å². The van der Waals surface area contributed by atoms with Crippen molar-refractivity contribution in [3.05, 3.63) is 0 Å². The fraction of sp³-hybridized carbons (Fsp3) is 0.958. The second kappa shape index (κ2) is 18.4. The van der Waals surface area contributed by atoms with Gasteiger partial charge in [-0.25, -0.2) is 0 Å². The van der Waals surface area contributed by atoms with Gasteiger partial charge in [-0.1, -0.05) is 90.4 Å². The Morgan fingerprint density at radius 1 is 0.750 bits per heavy atom. The smallest absolute Gasteiger partial charge is 0.303 e. The second-order valence-electron chi connectivity index (χ2n) is 9.38. The van der Waals surface area contributed by atoms with Crippen LogP contribution in [-0.4, -0.2) is 54.0 Å². The minimum absolute atomic E-state index is 0.234. The lowest BCUT2D eigenvalue weighted by atomic mass is 10.0. The van der Waals surface area contributed by atoms with Gasteiger partial charge in [0.1, 0.15) is 12.6 Å². The molecular formula is C24H50NO3+. The van der Waals surface area contributed by atoms with Crippen molar-refractivity contribution in [2.24, 2.45) is 0 Å². The zero-order chi connectivity index (χ0) is 21.1. The highest BCUT2D eigenvalue weighted by molar-refractivity contribution is 5.66. The summed E-state index contributed by atoms with van der Waals surface area (Å²) in [4.78, 5) is 10.6. The molecule has 0 aliphatic heterocycles. The molecule has 0 radical (unpaired) electrons. The standard InChI is InChI=1S/C24H49NO3/c1-4-5-6-7-8-9-10-11-12-13-14-15-16-19-23(26)22-25(2,3)21-18-17-20-24(27)28/h23,26H,4-22H2,1-3H3/p+1. The Hall–Kier alpha value is -0.610. The third kappa shape index (κ3) is 20.1. The molecule has 0 aromatic rings. The van der Waals surface area contributed by atoms with Gasteiger partial charge in [-0.05, 0) is 19.3 Å². The summed E-state index contributed by atoms with van der Waals surface area (Å²) < 4.78 is 0.777. The minimum Gasteiger partial charge on any atom is -0.481 e. The van der Waals surface area contributed by atoms with Crippen LogP contribution < -0.4 is 0 Å². The van der Waals surface area contributed by atoms with E-state index in [0.717, 1.165) is 43.3 Å². The van der Waals surface area contributed by atoms with E-state index in [9.17, 15) is 9.90 Å². The summed E-state index contributed by atoms with van der Waals surface area (Å²) in [5, 5.41) is 19.0. The molecule has 1 unspecified atom stereocenters. The van der Waals surface area contributed by atoms with Gasteiger partial charge in [0.05, 0.1) is 20.6 Å². The van der Waals surface area contributed by atoms with Gasteiger partial charge >= 0.3 is 5.97 Å². The van der Waals surface area contributed by atoms with Crippen molar-refractivity contribution >= 4 is 5.97 Å². The van der Waals surface area contributed by atoms with Crippen LogP contribution in [-0.2, 0) is 4.79 Å². The number of carboxylic acid groups (broad SMARTS) is 1. The zero-order valence-corrected chi connectivity index (χ0v) is 19.3. The van der Waals surface area contributed by atoms with Crippen molar-refractivity contribution in [3.63, 3.8) is 0 Å². The van der Waals surface area contributed by atoms with Crippen LogP contribution in [0.1, 0.15) is 116 Å². The summed E-state index contributed by atoms with van der Waals surface area (Å²) in [6.07, 6.45) is 20.1. The number of hydrogen-bond acceptors (Lipinski definition) is 2. The summed E-state index contributed by atoms with van der Waals surface area (Å²) in [7, 11) is 4.27. The van der Waals surface area contributed by atoms with Gasteiger partial charge in [-0.15, -0.1) is 0 Å². The first kappa shape index (κ1) is 27.4. The highest BCUT2D eigenvalue weighted by Crippen LogP contribution is 2.14. The second-order valence-corrected chi connectivity index (χ2v) is 9.38. The third-order valence-electron chi connectivity index (χ3n) is 5.75. The number of nitrogens with zero attached hydrogens (tertiary/aromatic N) is 1. The van der Waals surface area contributed by atoms with Crippen molar-refractivity contribution in [2.75, 3.05) is 27.2 Å². The van der Waals surface area contributed by atoms with E-state index in [2.05, 4.69) is 21.0 Å². The summed E-state index contributed by atoms with van der Waals surface area (Å²) >= 11 is 0. The van der Waals surface area contributed by atoms with Gasteiger partial charge in [0, 0.05) is 6.42 Å². The van der Waals surface area contributed by atoms with Crippen LogP contribution in [0.25, 0.3) is 0 Å². The fourth-order valence-corrected chi connectivity index (χ4v) is 3.97. The van der Waals surface area contributed by atoms with Crippen LogP contribution in [0.5, 0.6) is 0 Å². The van der Waals surface area contributed by atoms with E-state index < -0.39 is 5.97 Å². The fourth-order valence-electron chi connectivity index (χ4n) is 3.97. The Balaban J connectivity index is 3.44. The largest absolute Gasteiger partial charge is 0.481 e. The predicted molar refractivity (Wildman–Crippen MR) is 120 cm³/mol. The number of carbonyl (C=O) groups is 1. The molecule has 0 aliphatic rings. The van der Waals surface area contributed by atoms with E-state index in [-0.39, 0.29) is 12.5 Å². The Morgan fingerprint density at radius 3 is 1.68 bits per heavy atom. The number of rotatable bonds is 21. The predicted octanol–water partition coefficient (Wildman–Crippen LogP) is 6.16. The monoisotopic (exact) mass is 400 g/mol. The average molecular weight is 401 g/mol. The molecule has 4 nitrogen and oxygen atoms in total. The average Bonchev–Trinajstić information content (AvgIpc) is 2.62. The molecule has 0 aliphatic carbocycles. The molecule has 2 N–H and O–H groups in total. The van der Waals surface area contributed by atoms with E-state index >= 15 is 0 Å². The maximum absolute atomic E-state index is 10.6. The topological polar surface area (TPSA) is 57.5 Å². The molecule has 28 heavy (non-hydrogen) atoms. The number of likely N-dealkylation sites (N-methyl/N-ethyl adjacent to an activating group) is 1. The number of quaternary nitrogens is 1. The van der Waals surface area contributed by atoms with Crippen molar-refractivity contribution in [2.45, 2.75) is 122 Å². The first-order valence-corrected chi connectivity index (χ1v) is 12.1. The Kier molecular flexibility index (Phi) is 18.0. The molecule has 4 heteroatoms. The number of unbranched alkanes of at least 4 members (excludes halogenated alkanes) is 13. The number of carboxylic acids is 1. The molecule has 0 bridgehead atoms. The molecular weight excluding hydrogens is 350 g/mol. The minimum atomic E-state index is -0.715. The van der Waals surface area contributed by atoms with Gasteiger partial charge in [0.2, 0.25) is 0 Å². The van der Waals surface area contributed by atoms with Crippen molar-refractivity contribution in [1.29, 1.82) is 0 Å². The number of aliphatic hydroxyl groups is 1. The van der Waals surface area contributed by atoms with Gasteiger partial charge in [0.25, 0.3) is 0 Å². The SMILES string of the molecule is CCCCCCCCCCCCCCCC(O)C[N+](C)(C)CCCCC(=O)O. The first-order chi connectivity index (χ1) is 13.4. The van der Waals surface area contributed by atoms with Crippen molar-refractivity contribution in [1.82, 2.24) is 0 Å². The van der Waals surface area contributed by atoms with Gasteiger partial charge in [0.15, 0.2) is 0 Å². The molecule has 0 saturated carbocycles. The maximum atomic E-state index is 10.6. The quantitative estimate of drug-likeness (QED) is 0.179. The number of hydrogen-bond donors (Lipinski definition) is 2. The van der Waals surface area contributed by atoms with Crippen molar-refractivity contribution < 1.29 is 19.5 Å². The van der Waals surface area contributed by atoms with Crippen LogP contribution in [0.3, 0.4) is 0 Å². The molecule has 0 amide bonds. The lowest BCUT2D eigenvalue weighted by Crippen LogP contribution is -2.46. The van der Waals surface area contributed by atoms with E-state index in [4.69, 9.17) is 5.11 Å². The highest BCUT2D eigenvalue weighted by atomic mass is 16.4. The number of aliphatic hydroxyl groups excluding tert-OH is 1. The number of aliphatic carboxylic acids is 1. The van der Waals surface area contributed by atoms with E-state index in [0.29, 0.717) is 0 Å². The molecule has 0 fully saturated rings. The summed E-state index contributed by atoms with van der Waals surface area (Å²) in [5.74, 6) is -0.715. The van der Waals surface area contributed by atoms with E-state index in [1.54, 1.807) is 0 Å². The van der Waals surface area contributed by atoms with Crippen LogP contribution in [0.4, 0.5) is 0 Å². The molecule has 0 spiro atoms. The van der Waals surface area contributed by atoms with Crippen molar-refractivity contribution in [3.8, 4) is 0 Å². The molecule has 168 valence electrons. The summed E-state index contributed by atoms with van der Waals surface area (Å²) in [5.41, 5.74) is 0. The molecule has 0 aromatic carbocycles. The third-order valence-corrected chi connectivity index (χ3v) is 5.75. The van der Waals surface area contributed by atoms with Gasteiger partial charge < -0.3 is 14.7 Å². The maximum Gasteiger partial charge on any atom is 0.303 e. The van der Waals surface area contributed by atoms with Crippen LogP contribution in [0.2, 0.25) is 0 Å².